The van der Waals surface area contributed by atoms with Crippen molar-refractivity contribution in [1.82, 2.24) is 5.32 Å². The molecule has 1 N–H and O–H groups in total. The van der Waals surface area contributed by atoms with Crippen LogP contribution in [-0.2, 0) is 12.8 Å². The second kappa shape index (κ2) is 7.07. The van der Waals surface area contributed by atoms with Crippen LogP contribution >= 0.6 is 0 Å². The number of benzene rings is 1. The van der Waals surface area contributed by atoms with Gasteiger partial charge in [-0.2, -0.15) is 0 Å². The molecular formula is C17H20FNO2. The molecular weight excluding hydrogens is 269 g/mol. The number of nitrogens with one attached hydrogen (secondary N) is 1. The normalized spacial score (nSPS) is 10.6. The van der Waals surface area contributed by atoms with Gasteiger partial charge in [-0.3, -0.25) is 4.79 Å². The van der Waals surface area contributed by atoms with E-state index in [2.05, 4.69) is 5.32 Å². The topological polar surface area (TPSA) is 42.2 Å². The molecule has 0 bridgehead atoms. The fourth-order valence-corrected chi connectivity index (χ4v) is 2.20. The summed E-state index contributed by atoms with van der Waals surface area (Å²) in [4.78, 5) is 11.9. The molecule has 0 aliphatic rings. The minimum absolute atomic E-state index is 0.0884. The van der Waals surface area contributed by atoms with E-state index in [0.717, 1.165) is 29.9 Å². The molecule has 1 aromatic carbocycles. The van der Waals surface area contributed by atoms with Crippen LogP contribution in [0.15, 0.2) is 34.7 Å². The van der Waals surface area contributed by atoms with E-state index in [4.69, 9.17) is 4.42 Å². The van der Waals surface area contributed by atoms with Gasteiger partial charge in [-0.15, -0.1) is 0 Å². The summed E-state index contributed by atoms with van der Waals surface area (Å²) in [6.07, 6.45) is 2.36. The Kier molecular flexibility index (Phi) is 5.14. The molecule has 0 fully saturated rings. The van der Waals surface area contributed by atoms with Crippen molar-refractivity contribution in [3.05, 3.63) is 58.8 Å². The van der Waals surface area contributed by atoms with E-state index >= 15 is 0 Å². The number of amides is 1. The van der Waals surface area contributed by atoms with Crippen molar-refractivity contribution in [3.63, 3.8) is 0 Å². The number of hydrogen-bond donors (Lipinski definition) is 1. The highest BCUT2D eigenvalue weighted by Gasteiger charge is 2.12. The van der Waals surface area contributed by atoms with Gasteiger partial charge in [0.25, 0.3) is 5.91 Å². The van der Waals surface area contributed by atoms with Crippen molar-refractivity contribution in [2.75, 3.05) is 6.54 Å². The van der Waals surface area contributed by atoms with Crippen molar-refractivity contribution >= 4 is 5.91 Å². The molecule has 0 aliphatic carbocycles. The first-order chi connectivity index (χ1) is 10.1. The number of halogens is 1. The minimum atomic E-state index is -0.465. The van der Waals surface area contributed by atoms with Gasteiger partial charge in [0.15, 0.2) is 0 Å². The van der Waals surface area contributed by atoms with E-state index < -0.39 is 5.82 Å². The average molecular weight is 289 g/mol. The van der Waals surface area contributed by atoms with Gasteiger partial charge in [0.2, 0.25) is 0 Å². The maximum absolute atomic E-state index is 13.9. The highest BCUT2D eigenvalue weighted by atomic mass is 19.1. The molecule has 1 amide bonds. The number of hydrogen-bond acceptors (Lipinski definition) is 2. The first kappa shape index (κ1) is 15.3. The summed E-state index contributed by atoms with van der Waals surface area (Å²) in [5.41, 5.74) is 1.00. The lowest BCUT2D eigenvalue weighted by molar-refractivity contribution is 0.0949. The molecule has 0 unspecified atom stereocenters. The molecule has 1 heterocycles. The molecule has 3 nitrogen and oxygen atoms in total. The van der Waals surface area contributed by atoms with Crippen LogP contribution < -0.4 is 5.32 Å². The van der Waals surface area contributed by atoms with E-state index in [-0.39, 0.29) is 11.5 Å². The minimum Gasteiger partial charge on any atom is -0.466 e. The Balaban J connectivity index is 1.91. The van der Waals surface area contributed by atoms with E-state index in [1.807, 2.05) is 26.0 Å². The standard InChI is InChI=1S/C17H20FNO2/c1-3-4-13-6-8-15(16(18)11-13)17(20)19-10-9-14-7-5-12(2)21-14/h5-8,11H,3-4,9-10H2,1-2H3,(H,19,20). The molecule has 2 aromatic rings. The third-order valence-electron chi connectivity index (χ3n) is 3.27. The van der Waals surface area contributed by atoms with Crippen LogP contribution in [-0.4, -0.2) is 12.5 Å². The molecule has 2 rings (SSSR count). The zero-order valence-corrected chi connectivity index (χ0v) is 12.4. The molecule has 1 aromatic heterocycles. The fraction of sp³-hybridized carbons (Fsp3) is 0.353. The molecule has 0 saturated carbocycles. The van der Waals surface area contributed by atoms with Gasteiger partial charge in [-0.1, -0.05) is 19.4 Å². The summed E-state index contributed by atoms with van der Waals surface area (Å²) >= 11 is 0. The lowest BCUT2D eigenvalue weighted by Crippen LogP contribution is -2.26. The van der Waals surface area contributed by atoms with Crippen molar-refractivity contribution in [2.45, 2.75) is 33.1 Å². The first-order valence-electron chi connectivity index (χ1n) is 7.22. The maximum Gasteiger partial charge on any atom is 0.254 e. The van der Waals surface area contributed by atoms with Crippen LogP contribution in [0.25, 0.3) is 0 Å². The summed E-state index contributed by atoms with van der Waals surface area (Å²) in [6.45, 7) is 4.33. The van der Waals surface area contributed by atoms with Crippen LogP contribution in [0.5, 0.6) is 0 Å². The number of furan rings is 1. The van der Waals surface area contributed by atoms with Crippen molar-refractivity contribution in [2.24, 2.45) is 0 Å². The molecule has 0 radical (unpaired) electrons. The zero-order valence-electron chi connectivity index (χ0n) is 12.4. The second-order valence-electron chi connectivity index (χ2n) is 5.08. The van der Waals surface area contributed by atoms with Crippen LogP contribution in [0.4, 0.5) is 4.39 Å². The summed E-state index contributed by atoms with van der Waals surface area (Å²) in [6, 6.07) is 8.54. The van der Waals surface area contributed by atoms with Gasteiger partial charge < -0.3 is 9.73 Å². The SMILES string of the molecule is CCCc1ccc(C(=O)NCCc2ccc(C)o2)c(F)c1. The van der Waals surface area contributed by atoms with Gasteiger partial charge in [-0.25, -0.2) is 4.39 Å². The van der Waals surface area contributed by atoms with Gasteiger partial charge in [0.05, 0.1) is 5.56 Å². The summed E-state index contributed by atoms with van der Waals surface area (Å²) in [5.74, 6) is 0.798. The Morgan fingerprint density at radius 2 is 2.05 bits per heavy atom. The number of aryl methyl sites for hydroxylation is 2. The lowest BCUT2D eigenvalue weighted by atomic mass is 10.1. The average Bonchev–Trinajstić information content (AvgIpc) is 2.85. The van der Waals surface area contributed by atoms with Crippen molar-refractivity contribution in [3.8, 4) is 0 Å². The molecule has 21 heavy (non-hydrogen) atoms. The second-order valence-corrected chi connectivity index (χ2v) is 5.08. The molecule has 112 valence electrons. The molecule has 0 saturated heterocycles. The highest BCUT2D eigenvalue weighted by molar-refractivity contribution is 5.94. The number of rotatable bonds is 6. The Bertz CT molecular complexity index is 619. The van der Waals surface area contributed by atoms with E-state index in [1.165, 1.54) is 6.07 Å². The Morgan fingerprint density at radius 1 is 1.24 bits per heavy atom. The Morgan fingerprint density at radius 3 is 2.67 bits per heavy atom. The van der Waals surface area contributed by atoms with Crippen molar-refractivity contribution < 1.29 is 13.6 Å². The Labute approximate surface area is 124 Å². The van der Waals surface area contributed by atoms with Gasteiger partial charge in [0.1, 0.15) is 17.3 Å². The fourth-order valence-electron chi connectivity index (χ4n) is 2.20. The van der Waals surface area contributed by atoms with Crippen LogP contribution in [0.2, 0.25) is 0 Å². The Hall–Kier alpha value is -2.10. The predicted octanol–water partition coefficient (Wildman–Crippen LogP) is 3.65. The number of carbonyl (C=O) groups excluding carboxylic acids is 1. The summed E-state index contributed by atoms with van der Waals surface area (Å²) < 4.78 is 19.3. The van der Waals surface area contributed by atoms with Crippen LogP contribution in [0.3, 0.4) is 0 Å². The van der Waals surface area contributed by atoms with E-state index in [9.17, 15) is 9.18 Å². The number of carbonyl (C=O) groups is 1. The monoisotopic (exact) mass is 289 g/mol. The molecule has 4 heteroatoms. The van der Waals surface area contributed by atoms with Gasteiger partial charge in [0, 0.05) is 13.0 Å². The van der Waals surface area contributed by atoms with Gasteiger partial charge >= 0.3 is 0 Å². The molecule has 0 aliphatic heterocycles. The maximum atomic E-state index is 13.9. The zero-order chi connectivity index (χ0) is 15.2. The molecule has 0 atom stereocenters. The largest absolute Gasteiger partial charge is 0.466 e. The van der Waals surface area contributed by atoms with E-state index in [0.29, 0.717) is 13.0 Å². The van der Waals surface area contributed by atoms with Crippen molar-refractivity contribution in [1.29, 1.82) is 0 Å². The summed E-state index contributed by atoms with van der Waals surface area (Å²) in [7, 11) is 0. The highest BCUT2D eigenvalue weighted by Crippen LogP contribution is 2.12. The predicted molar refractivity (Wildman–Crippen MR) is 79.9 cm³/mol. The van der Waals surface area contributed by atoms with Gasteiger partial charge in [-0.05, 0) is 43.2 Å². The quantitative estimate of drug-likeness (QED) is 0.882. The van der Waals surface area contributed by atoms with Crippen LogP contribution in [0, 0.1) is 12.7 Å². The smallest absolute Gasteiger partial charge is 0.254 e. The summed E-state index contributed by atoms with van der Waals surface area (Å²) in [5, 5.41) is 2.71. The third kappa shape index (κ3) is 4.18. The van der Waals surface area contributed by atoms with Crippen LogP contribution in [0.1, 0.15) is 40.8 Å². The first-order valence-corrected chi connectivity index (χ1v) is 7.22. The molecule has 0 spiro atoms. The lowest BCUT2D eigenvalue weighted by Gasteiger charge is -2.07. The van der Waals surface area contributed by atoms with E-state index in [1.54, 1.807) is 12.1 Å². The third-order valence-corrected chi connectivity index (χ3v) is 3.27.